The summed E-state index contributed by atoms with van der Waals surface area (Å²) in [6.45, 7) is 17.7. The second-order valence-electron chi connectivity index (χ2n) is 11.1. The highest BCUT2D eigenvalue weighted by atomic mass is 28.4. The maximum absolute atomic E-state index is 13.3. The SMILES string of the molecule is COc1ccc(COC[C@H](C)/C=C(\C)[C@H]([C@@H](OC)C(=O)O[Si](C)(C)C)[Si](C)(C)c2ccc(C)o2)cc1. The van der Waals surface area contributed by atoms with Crippen molar-refractivity contribution in [2.75, 3.05) is 20.8 Å². The van der Waals surface area contributed by atoms with Crippen molar-refractivity contribution in [3.8, 4) is 5.75 Å². The van der Waals surface area contributed by atoms with Gasteiger partial charge in [0, 0.05) is 12.7 Å². The molecule has 0 N–H and O–H groups in total. The number of carbonyl (C=O) groups excluding carboxylic acids is 1. The smallest absolute Gasteiger partial charge is 0.322 e. The van der Waals surface area contributed by atoms with Crippen molar-refractivity contribution in [2.24, 2.45) is 5.92 Å². The summed E-state index contributed by atoms with van der Waals surface area (Å²) in [5.74, 6) is 1.56. The molecule has 0 saturated heterocycles. The van der Waals surface area contributed by atoms with Crippen LogP contribution in [0.4, 0.5) is 0 Å². The molecule has 1 aromatic heterocycles. The molecule has 0 aliphatic carbocycles. The topological polar surface area (TPSA) is 67.1 Å². The molecule has 6 nitrogen and oxygen atoms in total. The van der Waals surface area contributed by atoms with E-state index in [0.29, 0.717) is 13.2 Å². The first-order valence-corrected chi connectivity index (χ1v) is 19.0. The van der Waals surface area contributed by atoms with Gasteiger partial charge in [-0.05, 0) is 69.2 Å². The largest absolute Gasteiger partial charge is 0.518 e. The molecule has 0 saturated carbocycles. The number of benzene rings is 1. The van der Waals surface area contributed by atoms with Crippen LogP contribution in [0.3, 0.4) is 0 Å². The van der Waals surface area contributed by atoms with E-state index >= 15 is 0 Å². The van der Waals surface area contributed by atoms with Crippen LogP contribution < -0.4 is 10.1 Å². The van der Waals surface area contributed by atoms with Crippen molar-refractivity contribution >= 4 is 27.7 Å². The zero-order valence-corrected chi connectivity index (χ0v) is 25.6. The minimum atomic E-state index is -2.33. The summed E-state index contributed by atoms with van der Waals surface area (Å²) < 4.78 is 29.1. The Kier molecular flexibility index (Phi) is 10.8. The van der Waals surface area contributed by atoms with E-state index in [1.807, 2.05) is 63.0 Å². The zero-order chi connectivity index (χ0) is 27.1. The van der Waals surface area contributed by atoms with Gasteiger partial charge in [-0.2, -0.15) is 0 Å². The Labute approximate surface area is 219 Å². The van der Waals surface area contributed by atoms with Gasteiger partial charge in [-0.15, -0.1) is 0 Å². The van der Waals surface area contributed by atoms with Crippen LogP contribution in [0.2, 0.25) is 38.3 Å². The quantitative estimate of drug-likeness (QED) is 0.230. The van der Waals surface area contributed by atoms with Crippen LogP contribution in [0.1, 0.15) is 25.2 Å². The van der Waals surface area contributed by atoms with Gasteiger partial charge in [-0.1, -0.05) is 43.8 Å². The Bertz CT molecular complexity index is 1000. The van der Waals surface area contributed by atoms with E-state index in [1.165, 1.54) is 0 Å². The molecule has 2 rings (SSSR count). The summed E-state index contributed by atoms with van der Waals surface area (Å²) in [4.78, 5) is 13.3. The third-order valence-electron chi connectivity index (χ3n) is 6.20. The first kappa shape index (κ1) is 30.1. The first-order chi connectivity index (χ1) is 16.8. The third-order valence-corrected chi connectivity index (χ3v) is 10.9. The summed E-state index contributed by atoms with van der Waals surface area (Å²) in [5, 5.41) is 0.948. The Hall–Kier alpha value is -2.14. The Morgan fingerprint density at radius 1 is 1.03 bits per heavy atom. The standard InChI is InChI=1S/C28H44O6Si2/c1-20(18-32-19-23-12-14-24(30-4)15-13-23)17-21(2)27(26(31-5)28(29)34-35(6,7)8)36(9,10)25-16-11-22(3)33-25/h11-17,20,26-27H,18-19H2,1-10H3/b21-17+/t20-,26-,27-/m1/s1. The van der Waals surface area contributed by atoms with Crippen molar-refractivity contribution < 1.29 is 27.8 Å². The lowest BCUT2D eigenvalue weighted by Crippen LogP contribution is -2.53. The number of hydrogen-bond donors (Lipinski definition) is 0. The maximum Gasteiger partial charge on any atom is 0.322 e. The van der Waals surface area contributed by atoms with Crippen molar-refractivity contribution in [1.29, 1.82) is 0 Å². The summed E-state index contributed by atoms with van der Waals surface area (Å²) in [7, 11) is -1.17. The first-order valence-electron chi connectivity index (χ1n) is 12.5. The molecule has 2 aromatic rings. The number of furan rings is 1. The van der Waals surface area contributed by atoms with Gasteiger partial charge in [0.15, 0.2) is 6.10 Å². The normalized spacial score (nSPS) is 15.3. The number of rotatable bonds is 13. The van der Waals surface area contributed by atoms with E-state index in [9.17, 15) is 4.79 Å². The van der Waals surface area contributed by atoms with E-state index in [1.54, 1.807) is 14.2 Å². The molecular weight excluding hydrogens is 488 g/mol. The lowest BCUT2D eigenvalue weighted by Gasteiger charge is -2.37. The van der Waals surface area contributed by atoms with Crippen LogP contribution in [0.15, 0.2) is 52.5 Å². The Morgan fingerprint density at radius 3 is 2.17 bits per heavy atom. The Morgan fingerprint density at radius 2 is 1.67 bits per heavy atom. The molecule has 0 fully saturated rings. The van der Waals surface area contributed by atoms with E-state index in [4.69, 9.17) is 23.1 Å². The fourth-order valence-corrected chi connectivity index (χ4v) is 8.76. The van der Waals surface area contributed by atoms with Gasteiger partial charge in [0.25, 0.3) is 0 Å². The number of aryl methyl sites for hydroxylation is 1. The maximum atomic E-state index is 13.3. The van der Waals surface area contributed by atoms with Gasteiger partial charge in [-0.25, -0.2) is 0 Å². The molecule has 0 spiro atoms. The molecule has 200 valence electrons. The summed E-state index contributed by atoms with van der Waals surface area (Å²) in [6, 6.07) is 11.9. The van der Waals surface area contributed by atoms with Crippen LogP contribution in [0.25, 0.3) is 0 Å². The molecule has 36 heavy (non-hydrogen) atoms. The average molecular weight is 533 g/mol. The van der Waals surface area contributed by atoms with Gasteiger partial charge in [0.05, 0.1) is 31.5 Å². The predicted molar refractivity (Wildman–Crippen MR) is 150 cm³/mol. The average Bonchev–Trinajstić information content (AvgIpc) is 3.23. The predicted octanol–water partition coefficient (Wildman–Crippen LogP) is 6.07. The van der Waals surface area contributed by atoms with Crippen LogP contribution in [0.5, 0.6) is 5.75 Å². The monoisotopic (exact) mass is 532 g/mol. The molecule has 0 unspecified atom stereocenters. The van der Waals surface area contributed by atoms with Crippen molar-refractivity contribution in [3.05, 3.63) is 59.4 Å². The summed E-state index contributed by atoms with van der Waals surface area (Å²) >= 11 is 0. The van der Waals surface area contributed by atoms with Gasteiger partial charge in [0.2, 0.25) is 8.32 Å². The third kappa shape index (κ3) is 8.47. The number of methoxy groups -OCH3 is 2. The van der Waals surface area contributed by atoms with E-state index < -0.39 is 22.5 Å². The molecule has 1 heterocycles. The molecule has 8 heteroatoms. The molecule has 0 amide bonds. The fraction of sp³-hybridized carbons (Fsp3) is 0.536. The van der Waals surface area contributed by atoms with Gasteiger partial charge in [-0.3, -0.25) is 4.79 Å². The second-order valence-corrected chi connectivity index (χ2v) is 20.0. The number of ether oxygens (including phenoxy) is 3. The molecule has 0 radical (unpaired) electrons. The molecule has 0 aliphatic heterocycles. The van der Waals surface area contributed by atoms with Gasteiger partial charge < -0.3 is 23.1 Å². The number of hydrogen-bond acceptors (Lipinski definition) is 6. The zero-order valence-electron chi connectivity index (χ0n) is 23.6. The highest BCUT2D eigenvalue weighted by Gasteiger charge is 2.46. The Balaban J connectivity index is 2.26. The lowest BCUT2D eigenvalue weighted by molar-refractivity contribution is -0.146. The van der Waals surface area contributed by atoms with Crippen LogP contribution in [0, 0.1) is 12.8 Å². The van der Waals surface area contributed by atoms with Crippen molar-refractivity contribution in [1.82, 2.24) is 0 Å². The highest BCUT2D eigenvalue weighted by Crippen LogP contribution is 2.36. The molecule has 0 bridgehead atoms. The lowest BCUT2D eigenvalue weighted by atomic mass is 10.0. The molecule has 3 atom stereocenters. The number of carbonyl (C=O) groups is 1. The van der Waals surface area contributed by atoms with Gasteiger partial charge >= 0.3 is 5.97 Å². The van der Waals surface area contributed by atoms with E-state index in [2.05, 4.69) is 33.0 Å². The van der Waals surface area contributed by atoms with E-state index in [0.717, 1.165) is 28.0 Å². The minimum absolute atomic E-state index is 0.152. The van der Waals surface area contributed by atoms with Crippen molar-refractivity contribution in [3.63, 3.8) is 0 Å². The summed E-state index contributed by atoms with van der Waals surface area (Å²) in [5.41, 5.74) is 2.04. The summed E-state index contributed by atoms with van der Waals surface area (Å²) in [6.07, 6.45) is 1.50. The molecular formula is C28H44O6Si2. The fourth-order valence-electron chi connectivity index (χ4n) is 4.53. The van der Waals surface area contributed by atoms with Crippen molar-refractivity contribution in [2.45, 2.75) is 71.8 Å². The minimum Gasteiger partial charge on any atom is -0.518 e. The van der Waals surface area contributed by atoms with Crippen LogP contribution in [-0.2, 0) is 25.3 Å². The van der Waals surface area contributed by atoms with Crippen LogP contribution in [-0.4, -0.2) is 49.3 Å². The highest BCUT2D eigenvalue weighted by molar-refractivity contribution is 6.91. The van der Waals surface area contributed by atoms with Crippen LogP contribution >= 0.6 is 0 Å². The molecule has 1 aromatic carbocycles. The second kappa shape index (κ2) is 12.9. The van der Waals surface area contributed by atoms with Gasteiger partial charge in [0.1, 0.15) is 13.8 Å². The molecule has 0 aliphatic rings. The van der Waals surface area contributed by atoms with E-state index in [-0.39, 0.29) is 17.4 Å².